The second-order valence-electron chi connectivity index (χ2n) is 3.47. The zero-order valence-electron chi connectivity index (χ0n) is 9.58. The molecule has 0 unspecified atom stereocenters. The fraction of sp³-hybridized carbons (Fsp3) is 0.273. The molecule has 0 aromatic heterocycles. The number of aliphatic carboxylic acids is 1. The minimum absolute atomic E-state index is 0.0997. The van der Waals surface area contributed by atoms with E-state index in [2.05, 4.69) is 5.32 Å². The van der Waals surface area contributed by atoms with Gasteiger partial charge >= 0.3 is 5.97 Å². The van der Waals surface area contributed by atoms with Gasteiger partial charge in [-0.15, -0.1) is 0 Å². The van der Waals surface area contributed by atoms with Crippen LogP contribution in [0.1, 0.15) is 6.42 Å². The van der Waals surface area contributed by atoms with E-state index in [1.807, 2.05) is 0 Å². The molecule has 1 rings (SSSR count). The predicted molar refractivity (Wildman–Crippen MR) is 64.5 cm³/mol. The molecule has 0 aliphatic carbocycles. The molecular formula is C11H10F3NO3S. The van der Waals surface area contributed by atoms with Crippen LogP contribution in [0.3, 0.4) is 0 Å². The maximum absolute atomic E-state index is 13.2. The topological polar surface area (TPSA) is 66.4 Å². The number of benzene rings is 1. The van der Waals surface area contributed by atoms with Gasteiger partial charge in [0.25, 0.3) is 0 Å². The van der Waals surface area contributed by atoms with Crippen molar-refractivity contribution in [2.24, 2.45) is 0 Å². The van der Waals surface area contributed by atoms with E-state index in [0.717, 1.165) is 17.8 Å². The lowest BCUT2D eigenvalue weighted by Gasteiger charge is -2.06. The first-order chi connectivity index (χ1) is 8.91. The Morgan fingerprint density at radius 1 is 1.21 bits per heavy atom. The third-order valence-electron chi connectivity index (χ3n) is 2.00. The van der Waals surface area contributed by atoms with Crippen LogP contribution in [0.15, 0.2) is 12.1 Å². The quantitative estimate of drug-likeness (QED) is 0.623. The third kappa shape index (κ3) is 4.82. The molecule has 0 saturated carbocycles. The van der Waals surface area contributed by atoms with E-state index in [-0.39, 0.29) is 17.9 Å². The van der Waals surface area contributed by atoms with Crippen LogP contribution in [0.4, 0.5) is 18.9 Å². The van der Waals surface area contributed by atoms with Crippen molar-refractivity contribution in [2.45, 2.75) is 6.42 Å². The zero-order chi connectivity index (χ0) is 14.4. The lowest BCUT2D eigenvalue weighted by atomic mass is 10.3. The average molecular weight is 293 g/mol. The molecule has 0 aliphatic rings. The molecule has 104 valence electrons. The fourth-order valence-corrected chi connectivity index (χ4v) is 1.85. The second-order valence-corrected chi connectivity index (χ2v) is 4.57. The number of hydrogen-bond donors (Lipinski definition) is 2. The van der Waals surface area contributed by atoms with Gasteiger partial charge in [-0.2, -0.15) is 11.8 Å². The Morgan fingerprint density at radius 2 is 1.89 bits per heavy atom. The number of carbonyl (C=O) groups excluding carboxylic acids is 1. The van der Waals surface area contributed by atoms with Crippen LogP contribution in [-0.4, -0.2) is 28.5 Å². The first kappa shape index (κ1) is 15.4. The summed E-state index contributed by atoms with van der Waals surface area (Å²) in [6.45, 7) is 0. The molecule has 1 aromatic rings. The Morgan fingerprint density at radius 3 is 2.53 bits per heavy atom. The normalized spacial score (nSPS) is 10.3. The number of nitrogens with one attached hydrogen (secondary N) is 1. The van der Waals surface area contributed by atoms with Crippen LogP contribution in [0, 0.1) is 17.5 Å². The van der Waals surface area contributed by atoms with Crippen LogP contribution in [-0.2, 0) is 9.59 Å². The van der Waals surface area contributed by atoms with E-state index in [0.29, 0.717) is 6.07 Å². The average Bonchev–Trinajstić information content (AvgIpc) is 2.35. The molecule has 0 spiro atoms. The van der Waals surface area contributed by atoms with Crippen molar-refractivity contribution in [3.8, 4) is 0 Å². The molecule has 0 saturated heterocycles. The molecule has 0 bridgehead atoms. The van der Waals surface area contributed by atoms with E-state index < -0.39 is 35.0 Å². The van der Waals surface area contributed by atoms with Gasteiger partial charge in [-0.3, -0.25) is 9.59 Å². The molecule has 0 fully saturated rings. The molecule has 8 heteroatoms. The first-order valence-electron chi connectivity index (χ1n) is 5.14. The monoisotopic (exact) mass is 293 g/mol. The van der Waals surface area contributed by atoms with E-state index in [4.69, 9.17) is 5.11 Å². The van der Waals surface area contributed by atoms with Crippen LogP contribution in [0.5, 0.6) is 0 Å². The Kier molecular flexibility index (Phi) is 5.68. The van der Waals surface area contributed by atoms with E-state index in [1.54, 1.807) is 0 Å². The highest BCUT2D eigenvalue weighted by atomic mass is 32.2. The number of amides is 1. The van der Waals surface area contributed by atoms with Gasteiger partial charge in [0.05, 0.1) is 17.9 Å². The molecule has 1 aromatic carbocycles. The van der Waals surface area contributed by atoms with Crippen molar-refractivity contribution < 1.29 is 27.9 Å². The van der Waals surface area contributed by atoms with Gasteiger partial charge in [-0.05, 0) is 12.1 Å². The van der Waals surface area contributed by atoms with Crippen molar-refractivity contribution in [3.05, 3.63) is 29.6 Å². The number of rotatable bonds is 6. The lowest BCUT2D eigenvalue weighted by Crippen LogP contribution is -2.16. The summed E-state index contributed by atoms with van der Waals surface area (Å²) in [4.78, 5) is 21.6. The van der Waals surface area contributed by atoms with Crippen molar-refractivity contribution in [2.75, 3.05) is 16.8 Å². The van der Waals surface area contributed by atoms with Crippen molar-refractivity contribution in [3.63, 3.8) is 0 Å². The minimum Gasteiger partial charge on any atom is -0.481 e. The number of halogens is 3. The van der Waals surface area contributed by atoms with Gasteiger partial charge in [0.1, 0.15) is 0 Å². The molecular weight excluding hydrogens is 283 g/mol. The highest BCUT2D eigenvalue weighted by Crippen LogP contribution is 2.19. The van der Waals surface area contributed by atoms with Gasteiger partial charge in [0, 0.05) is 5.75 Å². The van der Waals surface area contributed by atoms with Crippen LogP contribution < -0.4 is 5.32 Å². The molecule has 0 atom stereocenters. The largest absolute Gasteiger partial charge is 0.481 e. The summed E-state index contributed by atoms with van der Waals surface area (Å²) in [7, 11) is 0. The molecule has 19 heavy (non-hydrogen) atoms. The molecule has 1 amide bonds. The fourth-order valence-electron chi connectivity index (χ4n) is 1.13. The summed E-state index contributed by atoms with van der Waals surface area (Å²) in [5.74, 6) is -5.96. The maximum Gasteiger partial charge on any atom is 0.304 e. The Bertz CT molecular complexity index is 496. The molecule has 0 radical (unpaired) electrons. The zero-order valence-corrected chi connectivity index (χ0v) is 10.4. The van der Waals surface area contributed by atoms with Crippen LogP contribution in [0.25, 0.3) is 0 Å². The number of thioether (sulfide) groups is 1. The summed E-state index contributed by atoms with van der Waals surface area (Å²) in [6.07, 6.45) is -0.0997. The SMILES string of the molecule is O=C(O)CCSCC(=O)Nc1ccc(F)c(F)c1F. The van der Waals surface area contributed by atoms with Crippen molar-refractivity contribution in [1.82, 2.24) is 0 Å². The standard InChI is InChI=1S/C11H10F3NO3S/c12-6-1-2-7(11(14)10(6)13)15-8(16)5-19-4-3-9(17)18/h1-2H,3-5H2,(H,15,16)(H,17,18). The van der Waals surface area contributed by atoms with E-state index in [1.165, 1.54) is 0 Å². The Hall–Kier alpha value is -1.70. The molecule has 4 nitrogen and oxygen atoms in total. The first-order valence-corrected chi connectivity index (χ1v) is 6.30. The van der Waals surface area contributed by atoms with E-state index >= 15 is 0 Å². The van der Waals surface area contributed by atoms with Gasteiger partial charge in [0.2, 0.25) is 5.91 Å². The predicted octanol–water partition coefficient (Wildman–Crippen LogP) is 2.25. The maximum atomic E-state index is 13.2. The number of hydrogen-bond acceptors (Lipinski definition) is 3. The Balaban J connectivity index is 2.49. The lowest BCUT2D eigenvalue weighted by molar-refractivity contribution is -0.136. The highest BCUT2D eigenvalue weighted by Gasteiger charge is 2.15. The molecule has 0 aliphatic heterocycles. The summed E-state index contributed by atoms with van der Waals surface area (Å²) in [6, 6.07) is 1.61. The summed E-state index contributed by atoms with van der Waals surface area (Å²) >= 11 is 1.04. The number of anilines is 1. The van der Waals surface area contributed by atoms with Gasteiger partial charge < -0.3 is 10.4 Å². The molecule has 0 heterocycles. The van der Waals surface area contributed by atoms with Gasteiger partial charge in [0.15, 0.2) is 17.5 Å². The van der Waals surface area contributed by atoms with Crippen LogP contribution >= 0.6 is 11.8 Å². The summed E-state index contributed by atoms with van der Waals surface area (Å²) in [5, 5.41) is 10.4. The Labute approximate surface area is 111 Å². The molecule has 2 N–H and O–H groups in total. The third-order valence-corrected chi connectivity index (χ3v) is 2.96. The minimum atomic E-state index is -1.66. The van der Waals surface area contributed by atoms with E-state index in [9.17, 15) is 22.8 Å². The number of carboxylic acids is 1. The van der Waals surface area contributed by atoms with Crippen molar-refractivity contribution in [1.29, 1.82) is 0 Å². The summed E-state index contributed by atoms with van der Waals surface area (Å²) < 4.78 is 38.7. The van der Waals surface area contributed by atoms with Gasteiger partial charge in [-0.25, -0.2) is 13.2 Å². The highest BCUT2D eigenvalue weighted by molar-refractivity contribution is 7.99. The smallest absolute Gasteiger partial charge is 0.304 e. The number of carboxylic acid groups (broad SMARTS) is 1. The number of carbonyl (C=O) groups is 2. The van der Waals surface area contributed by atoms with Gasteiger partial charge in [-0.1, -0.05) is 0 Å². The van der Waals surface area contributed by atoms with Crippen LogP contribution in [0.2, 0.25) is 0 Å². The second kappa shape index (κ2) is 7.03. The summed E-state index contributed by atoms with van der Waals surface area (Å²) in [5.41, 5.74) is -0.456. The van der Waals surface area contributed by atoms with Crippen molar-refractivity contribution >= 4 is 29.3 Å².